The maximum atomic E-state index is 13.0. The second kappa shape index (κ2) is 7.11. The smallest absolute Gasteiger partial charge is 0.234 e. The summed E-state index contributed by atoms with van der Waals surface area (Å²) < 4.78 is 13.0. The number of hydrogen-bond donors (Lipinski definition) is 1. The topological polar surface area (TPSA) is 32.3 Å². The Morgan fingerprint density at radius 3 is 2.78 bits per heavy atom. The zero-order chi connectivity index (χ0) is 13.5. The van der Waals surface area contributed by atoms with Crippen molar-refractivity contribution in [2.45, 2.75) is 20.4 Å². The number of carbonyl (C=O) groups is 1. The normalized spacial score (nSPS) is 11.0. The van der Waals surface area contributed by atoms with Crippen molar-refractivity contribution in [3.63, 3.8) is 0 Å². The monoisotopic (exact) mass is 252 g/mol. The maximum Gasteiger partial charge on any atom is 0.234 e. The molecule has 1 rings (SSSR count). The third-order valence-corrected chi connectivity index (χ3v) is 2.46. The Morgan fingerprint density at radius 2 is 2.17 bits per heavy atom. The Bertz CT molecular complexity index is 393. The summed E-state index contributed by atoms with van der Waals surface area (Å²) in [5.41, 5.74) is 0.870. The molecule has 0 aromatic heterocycles. The van der Waals surface area contributed by atoms with Crippen LogP contribution in [0, 0.1) is 11.7 Å². The molecule has 18 heavy (non-hydrogen) atoms. The van der Waals surface area contributed by atoms with E-state index < -0.39 is 0 Å². The van der Waals surface area contributed by atoms with Crippen molar-refractivity contribution in [3.8, 4) is 0 Å². The van der Waals surface area contributed by atoms with Crippen molar-refractivity contribution in [2.24, 2.45) is 5.92 Å². The summed E-state index contributed by atoms with van der Waals surface area (Å²) in [5.74, 6) is 0.204. The van der Waals surface area contributed by atoms with Gasteiger partial charge in [0.15, 0.2) is 0 Å². The van der Waals surface area contributed by atoms with E-state index in [0.29, 0.717) is 25.6 Å². The quantitative estimate of drug-likeness (QED) is 0.840. The van der Waals surface area contributed by atoms with Gasteiger partial charge in [-0.25, -0.2) is 4.39 Å². The van der Waals surface area contributed by atoms with Crippen LogP contribution < -0.4 is 5.32 Å². The van der Waals surface area contributed by atoms with Gasteiger partial charge in [-0.15, -0.1) is 0 Å². The van der Waals surface area contributed by atoms with Gasteiger partial charge in [-0.05, 0) is 30.7 Å². The molecule has 1 N–H and O–H groups in total. The van der Waals surface area contributed by atoms with Crippen molar-refractivity contribution >= 4 is 5.91 Å². The lowest BCUT2D eigenvalue weighted by Gasteiger charge is -2.17. The Labute approximate surface area is 108 Å². The highest BCUT2D eigenvalue weighted by Crippen LogP contribution is 2.05. The number of likely N-dealkylation sites (N-methyl/N-ethyl adjacent to an activating group) is 1. The maximum absolute atomic E-state index is 13.0. The fourth-order valence-corrected chi connectivity index (χ4v) is 1.62. The van der Waals surface area contributed by atoms with Gasteiger partial charge in [0.2, 0.25) is 5.91 Å². The SMILES string of the molecule is CC(C)CNC(=O)CN(C)Cc1cccc(F)c1. The van der Waals surface area contributed by atoms with Crippen LogP contribution in [0.25, 0.3) is 0 Å². The predicted octanol–water partition coefficient (Wildman–Crippen LogP) is 2.03. The summed E-state index contributed by atoms with van der Waals surface area (Å²) in [6.07, 6.45) is 0. The summed E-state index contributed by atoms with van der Waals surface area (Å²) in [5, 5.41) is 2.86. The van der Waals surface area contributed by atoms with Crippen molar-refractivity contribution in [1.82, 2.24) is 10.2 Å². The molecule has 0 fully saturated rings. The third kappa shape index (κ3) is 5.77. The molecule has 0 heterocycles. The van der Waals surface area contributed by atoms with Crippen molar-refractivity contribution in [2.75, 3.05) is 20.1 Å². The molecule has 0 bridgehead atoms. The van der Waals surface area contributed by atoms with Gasteiger partial charge in [0.05, 0.1) is 6.54 Å². The molecule has 0 unspecified atom stereocenters. The molecule has 0 saturated carbocycles. The molecular weight excluding hydrogens is 231 g/mol. The second-order valence-electron chi connectivity index (χ2n) is 5.00. The minimum atomic E-state index is -0.245. The van der Waals surface area contributed by atoms with Gasteiger partial charge >= 0.3 is 0 Å². The van der Waals surface area contributed by atoms with Gasteiger partial charge in [-0.2, -0.15) is 0 Å². The van der Waals surface area contributed by atoms with Gasteiger partial charge in [0.1, 0.15) is 5.82 Å². The highest BCUT2D eigenvalue weighted by molar-refractivity contribution is 5.77. The van der Waals surface area contributed by atoms with Crippen molar-refractivity contribution in [3.05, 3.63) is 35.6 Å². The van der Waals surface area contributed by atoms with E-state index in [1.54, 1.807) is 6.07 Å². The molecule has 1 aromatic carbocycles. The predicted molar refractivity (Wildman–Crippen MR) is 70.6 cm³/mol. The van der Waals surface area contributed by atoms with Crippen LogP contribution in [-0.4, -0.2) is 30.9 Å². The van der Waals surface area contributed by atoms with Gasteiger partial charge in [-0.3, -0.25) is 9.69 Å². The number of hydrogen-bond acceptors (Lipinski definition) is 2. The summed E-state index contributed by atoms with van der Waals surface area (Å²) in [4.78, 5) is 13.5. The number of rotatable bonds is 6. The number of nitrogens with zero attached hydrogens (tertiary/aromatic N) is 1. The highest BCUT2D eigenvalue weighted by Gasteiger charge is 2.07. The van der Waals surface area contributed by atoms with Gasteiger partial charge in [0.25, 0.3) is 0 Å². The van der Waals surface area contributed by atoms with Crippen LogP contribution in [0.15, 0.2) is 24.3 Å². The van der Waals surface area contributed by atoms with Gasteiger partial charge < -0.3 is 5.32 Å². The van der Waals surface area contributed by atoms with Crippen molar-refractivity contribution in [1.29, 1.82) is 0 Å². The Balaban J connectivity index is 2.37. The zero-order valence-electron chi connectivity index (χ0n) is 11.2. The van der Waals surface area contributed by atoms with Crippen LogP contribution in [0.2, 0.25) is 0 Å². The highest BCUT2D eigenvalue weighted by atomic mass is 19.1. The number of halogens is 1. The molecule has 3 nitrogen and oxygen atoms in total. The van der Waals surface area contributed by atoms with Crippen LogP contribution in [0.3, 0.4) is 0 Å². The van der Waals surface area contributed by atoms with E-state index in [0.717, 1.165) is 5.56 Å². The molecule has 0 radical (unpaired) electrons. The second-order valence-corrected chi connectivity index (χ2v) is 5.00. The molecule has 0 saturated heterocycles. The lowest BCUT2D eigenvalue weighted by Crippen LogP contribution is -2.36. The molecular formula is C14H21FN2O. The molecule has 0 spiro atoms. The van der Waals surface area contributed by atoms with Gasteiger partial charge in [0, 0.05) is 13.1 Å². The third-order valence-electron chi connectivity index (χ3n) is 2.46. The average Bonchev–Trinajstić information content (AvgIpc) is 2.26. The summed E-state index contributed by atoms with van der Waals surface area (Å²) in [6.45, 7) is 5.68. The first-order chi connectivity index (χ1) is 8.47. The van der Waals surface area contributed by atoms with E-state index in [9.17, 15) is 9.18 Å². The summed E-state index contributed by atoms with van der Waals surface area (Å²) in [7, 11) is 1.85. The average molecular weight is 252 g/mol. The number of benzene rings is 1. The fraction of sp³-hybridized carbons (Fsp3) is 0.500. The first kappa shape index (κ1) is 14.6. The molecule has 1 amide bonds. The lowest BCUT2D eigenvalue weighted by molar-refractivity contribution is -0.122. The molecule has 0 aliphatic rings. The fourth-order valence-electron chi connectivity index (χ4n) is 1.62. The lowest BCUT2D eigenvalue weighted by atomic mass is 10.2. The largest absolute Gasteiger partial charge is 0.355 e. The molecule has 0 aliphatic carbocycles. The Morgan fingerprint density at radius 1 is 1.44 bits per heavy atom. The summed E-state index contributed by atoms with van der Waals surface area (Å²) >= 11 is 0. The minimum absolute atomic E-state index is 0.00241. The van der Waals surface area contributed by atoms with E-state index in [4.69, 9.17) is 0 Å². The molecule has 0 atom stereocenters. The van der Waals surface area contributed by atoms with Crippen LogP contribution in [0.4, 0.5) is 4.39 Å². The zero-order valence-corrected chi connectivity index (χ0v) is 11.2. The van der Waals surface area contributed by atoms with Crippen molar-refractivity contribution < 1.29 is 9.18 Å². The number of amides is 1. The van der Waals surface area contributed by atoms with E-state index >= 15 is 0 Å². The Kier molecular flexibility index (Phi) is 5.78. The first-order valence-corrected chi connectivity index (χ1v) is 6.17. The van der Waals surface area contributed by atoms with Crippen LogP contribution in [0.5, 0.6) is 0 Å². The Hall–Kier alpha value is -1.42. The van der Waals surface area contributed by atoms with E-state index in [1.807, 2.05) is 18.0 Å². The van der Waals surface area contributed by atoms with Crippen LogP contribution in [0.1, 0.15) is 19.4 Å². The molecule has 0 aliphatic heterocycles. The molecule has 4 heteroatoms. The summed E-state index contributed by atoms with van der Waals surface area (Å²) in [6, 6.07) is 6.43. The van der Waals surface area contributed by atoms with E-state index in [1.165, 1.54) is 12.1 Å². The number of carbonyl (C=O) groups excluding carboxylic acids is 1. The standard InChI is InChI=1S/C14H21FN2O/c1-11(2)8-16-14(18)10-17(3)9-12-5-4-6-13(15)7-12/h4-7,11H,8-10H2,1-3H3,(H,16,18). The first-order valence-electron chi connectivity index (χ1n) is 6.17. The van der Waals surface area contributed by atoms with E-state index in [-0.39, 0.29) is 11.7 Å². The molecule has 100 valence electrons. The van der Waals surface area contributed by atoms with Crippen LogP contribution in [-0.2, 0) is 11.3 Å². The van der Waals surface area contributed by atoms with Gasteiger partial charge in [-0.1, -0.05) is 26.0 Å². The minimum Gasteiger partial charge on any atom is -0.355 e. The number of nitrogens with one attached hydrogen (secondary N) is 1. The van der Waals surface area contributed by atoms with Crippen LogP contribution >= 0.6 is 0 Å². The van der Waals surface area contributed by atoms with E-state index in [2.05, 4.69) is 19.2 Å². The molecule has 1 aromatic rings.